The maximum absolute atomic E-state index is 13.5. The molecule has 190 valence electrons. The number of nitrogens with zero attached hydrogens (tertiary/aromatic N) is 3. The zero-order chi connectivity index (χ0) is 26.4. The van der Waals surface area contributed by atoms with Crippen molar-refractivity contribution < 1.29 is 26.7 Å². The highest BCUT2D eigenvalue weighted by atomic mass is 31.0. The van der Waals surface area contributed by atoms with Crippen LogP contribution in [-0.4, -0.2) is 19.5 Å². The molecule has 5 aromatic rings. The van der Waals surface area contributed by atoms with Crippen LogP contribution in [0.4, 0.5) is 33.6 Å². The summed E-state index contributed by atoms with van der Waals surface area (Å²) in [6, 6.07) is 16.0. The molecule has 3 heterocycles. The van der Waals surface area contributed by atoms with Gasteiger partial charge in [0, 0.05) is 31.1 Å². The molecule has 0 saturated heterocycles. The molecule has 0 amide bonds. The molecule has 2 N–H and O–H groups in total. The highest BCUT2D eigenvalue weighted by molar-refractivity contribution is 7.17. The number of aromatic amines is 1. The fraction of sp³-hybridized carbons (Fsp3) is 0.120. The van der Waals surface area contributed by atoms with Crippen LogP contribution in [0.15, 0.2) is 72.9 Å². The van der Waals surface area contributed by atoms with Gasteiger partial charge in [0.05, 0.1) is 33.7 Å². The summed E-state index contributed by atoms with van der Waals surface area (Å²) in [5.74, 6) is 1.36. The molecule has 5 rings (SSSR count). The normalized spacial score (nSPS) is 12.2. The predicted molar refractivity (Wildman–Crippen MR) is 133 cm³/mol. The standard InChI is InChI=1S/C25H19F5N5OP/c1-35-21-8-6-16(13-20(21)34-23(35)32-15-4-2-14(3-5-15)24(26,27)28)36-17-10-11-31-19(12-17)18-7-9-22(33-18)25(29,30)37/h2-13,33H,37H2,1H3,(H,32,34). The number of pyridine rings is 1. The van der Waals surface area contributed by atoms with Crippen LogP contribution in [0, 0.1) is 0 Å². The van der Waals surface area contributed by atoms with Crippen LogP contribution in [0.3, 0.4) is 0 Å². The van der Waals surface area contributed by atoms with Gasteiger partial charge in [-0.15, -0.1) is 0 Å². The van der Waals surface area contributed by atoms with E-state index in [1.165, 1.54) is 39.7 Å². The fourth-order valence-corrected chi connectivity index (χ4v) is 3.89. The van der Waals surface area contributed by atoms with Crippen molar-refractivity contribution in [2.45, 2.75) is 11.8 Å². The first-order chi connectivity index (χ1) is 17.5. The molecule has 0 spiro atoms. The summed E-state index contributed by atoms with van der Waals surface area (Å²) in [6.45, 7) is 0. The number of hydrogen-bond donors (Lipinski definition) is 2. The van der Waals surface area contributed by atoms with Gasteiger partial charge < -0.3 is 19.6 Å². The molecule has 0 aliphatic heterocycles. The van der Waals surface area contributed by atoms with E-state index in [0.29, 0.717) is 40.0 Å². The van der Waals surface area contributed by atoms with Crippen LogP contribution < -0.4 is 10.1 Å². The van der Waals surface area contributed by atoms with Crippen LogP contribution in [0.1, 0.15) is 11.3 Å². The Bertz CT molecular complexity index is 1570. The van der Waals surface area contributed by atoms with Gasteiger partial charge in [0.15, 0.2) is 0 Å². The van der Waals surface area contributed by atoms with E-state index >= 15 is 0 Å². The maximum Gasteiger partial charge on any atom is 0.416 e. The first kappa shape index (κ1) is 24.7. The summed E-state index contributed by atoms with van der Waals surface area (Å²) in [5.41, 5.74) is -1.38. The first-order valence-electron chi connectivity index (χ1n) is 10.9. The third kappa shape index (κ3) is 5.27. The Morgan fingerprint density at radius 2 is 1.65 bits per heavy atom. The van der Waals surface area contributed by atoms with Crippen LogP contribution in [0.5, 0.6) is 11.5 Å². The maximum atomic E-state index is 13.5. The average Bonchev–Trinajstić information content (AvgIpc) is 3.45. The van der Waals surface area contributed by atoms with E-state index in [9.17, 15) is 22.0 Å². The number of alkyl halides is 5. The lowest BCUT2D eigenvalue weighted by Crippen LogP contribution is -2.05. The number of ether oxygens (including phenoxy) is 1. The minimum atomic E-state index is -4.41. The second-order valence-electron chi connectivity index (χ2n) is 8.23. The minimum Gasteiger partial charge on any atom is -0.457 e. The van der Waals surface area contributed by atoms with Gasteiger partial charge in [-0.05, 0) is 54.6 Å². The van der Waals surface area contributed by atoms with E-state index in [-0.39, 0.29) is 5.69 Å². The van der Waals surface area contributed by atoms with Gasteiger partial charge in [0.1, 0.15) is 11.5 Å². The number of fused-ring (bicyclic) bond motifs is 1. The van der Waals surface area contributed by atoms with Gasteiger partial charge in [-0.25, -0.2) is 4.98 Å². The molecule has 3 aromatic heterocycles. The molecule has 1 atom stereocenters. The van der Waals surface area contributed by atoms with Crippen molar-refractivity contribution in [2.24, 2.45) is 7.05 Å². The number of nitrogens with one attached hydrogen (secondary N) is 2. The summed E-state index contributed by atoms with van der Waals surface area (Å²) in [7, 11) is 3.26. The Labute approximate surface area is 209 Å². The molecule has 1 unspecified atom stereocenters. The molecule has 12 heteroatoms. The predicted octanol–water partition coefficient (Wildman–Crippen LogP) is 7.44. The van der Waals surface area contributed by atoms with Crippen molar-refractivity contribution in [2.75, 3.05) is 5.32 Å². The number of halogens is 5. The highest BCUT2D eigenvalue weighted by Crippen LogP contribution is 2.36. The van der Waals surface area contributed by atoms with Crippen molar-refractivity contribution in [3.63, 3.8) is 0 Å². The monoisotopic (exact) mass is 531 g/mol. The van der Waals surface area contributed by atoms with Crippen molar-refractivity contribution in [3.8, 4) is 22.9 Å². The molecule has 2 aromatic carbocycles. The number of aromatic nitrogens is 4. The zero-order valence-corrected chi connectivity index (χ0v) is 20.3. The van der Waals surface area contributed by atoms with Crippen molar-refractivity contribution in [1.82, 2.24) is 19.5 Å². The van der Waals surface area contributed by atoms with Crippen molar-refractivity contribution in [3.05, 3.63) is 84.2 Å². The molecule has 0 saturated carbocycles. The third-order valence-corrected chi connectivity index (χ3v) is 5.92. The molecule has 0 fully saturated rings. The van der Waals surface area contributed by atoms with Crippen LogP contribution in [0.25, 0.3) is 22.4 Å². The lowest BCUT2D eigenvalue weighted by molar-refractivity contribution is -0.137. The molecular formula is C25H19F5N5OP. The summed E-state index contributed by atoms with van der Waals surface area (Å²) < 4.78 is 73.2. The van der Waals surface area contributed by atoms with Gasteiger partial charge in [0.25, 0.3) is 5.66 Å². The number of hydrogen-bond acceptors (Lipinski definition) is 4. The minimum absolute atomic E-state index is 0.248. The molecule has 37 heavy (non-hydrogen) atoms. The third-order valence-electron chi connectivity index (χ3n) is 5.61. The molecule has 0 radical (unpaired) electrons. The molecule has 0 aliphatic rings. The molecular weight excluding hydrogens is 512 g/mol. The largest absolute Gasteiger partial charge is 0.457 e. The average molecular weight is 531 g/mol. The number of imidazole rings is 1. The fourth-order valence-electron chi connectivity index (χ4n) is 3.72. The SMILES string of the molecule is Cn1c(Nc2ccc(C(F)(F)F)cc2)nc2cc(Oc3ccnc(-c4ccc(C(F)(F)P)[nH]4)c3)ccc21. The van der Waals surface area contributed by atoms with Gasteiger partial charge in [-0.3, -0.25) is 4.98 Å². The summed E-state index contributed by atoms with van der Waals surface area (Å²) in [4.78, 5) is 11.4. The van der Waals surface area contributed by atoms with Gasteiger partial charge in [-0.1, -0.05) is 9.24 Å². The Morgan fingerprint density at radius 1 is 0.919 bits per heavy atom. The second-order valence-corrected chi connectivity index (χ2v) is 8.96. The van der Waals surface area contributed by atoms with Crippen LogP contribution >= 0.6 is 9.24 Å². The zero-order valence-electron chi connectivity index (χ0n) is 19.1. The quantitative estimate of drug-likeness (QED) is 0.177. The Hall–Kier alpha value is -3.98. The number of aryl methyl sites for hydroxylation is 1. The van der Waals surface area contributed by atoms with E-state index in [1.54, 1.807) is 41.9 Å². The smallest absolute Gasteiger partial charge is 0.416 e. The van der Waals surface area contributed by atoms with Crippen molar-refractivity contribution >= 4 is 31.9 Å². The van der Waals surface area contributed by atoms with Gasteiger partial charge in [-0.2, -0.15) is 22.0 Å². The molecule has 0 bridgehead atoms. The van der Waals surface area contributed by atoms with E-state index < -0.39 is 17.4 Å². The number of anilines is 2. The number of rotatable bonds is 6. The van der Waals surface area contributed by atoms with Crippen molar-refractivity contribution in [1.29, 1.82) is 0 Å². The Kier molecular flexibility index (Phi) is 6.11. The second kappa shape index (κ2) is 9.15. The summed E-state index contributed by atoms with van der Waals surface area (Å²) >= 11 is 0. The van der Waals surface area contributed by atoms with E-state index in [1.807, 2.05) is 0 Å². The highest BCUT2D eigenvalue weighted by Gasteiger charge is 2.30. The summed E-state index contributed by atoms with van der Waals surface area (Å²) in [6.07, 6.45) is -2.90. The number of benzene rings is 2. The van der Waals surface area contributed by atoms with E-state index in [4.69, 9.17) is 4.74 Å². The lowest BCUT2D eigenvalue weighted by Gasteiger charge is -2.09. The molecule has 0 aliphatic carbocycles. The van der Waals surface area contributed by atoms with Gasteiger partial charge >= 0.3 is 6.18 Å². The Balaban J connectivity index is 1.36. The topological polar surface area (TPSA) is 67.8 Å². The summed E-state index contributed by atoms with van der Waals surface area (Å²) in [5, 5.41) is 3.02. The lowest BCUT2D eigenvalue weighted by atomic mass is 10.2. The molecule has 6 nitrogen and oxygen atoms in total. The first-order valence-corrected chi connectivity index (χ1v) is 11.5. The Morgan fingerprint density at radius 3 is 2.32 bits per heavy atom. The number of H-pyrrole nitrogens is 1. The van der Waals surface area contributed by atoms with Crippen LogP contribution in [0.2, 0.25) is 0 Å². The van der Waals surface area contributed by atoms with Gasteiger partial charge in [0.2, 0.25) is 5.95 Å². The van der Waals surface area contributed by atoms with E-state index in [2.05, 4.69) is 20.3 Å². The van der Waals surface area contributed by atoms with E-state index in [0.717, 1.165) is 17.6 Å². The van der Waals surface area contributed by atoms with Crippen LogP contribution in [-0.2, 0) is 18.9 Å².